The molecule has 2 aromatic rings. The van der Waals surface area contributed by atoms with E-state index in [9.17, 15) is 18.0 Å². The number of hydrogen-bond acceptors (Lipinski definition) is 3. The van der Waals surface area contributed by atoms with E-state index in [0.29, 0.717) is 28.9 Å². The molecule has 1 saturated heterocycles. The van der Waals surface area contributed by atoms with Gasteiger partial charge in [-0.15, -0.1) is 12.4 Å². The van der Waals surface area contributed by atoms with Crippen LogP contribution in [-0.2, 0) is 11.0 Å². The Labute approximate surface area is 190 Å². The molecule has 1 aliphatic heterocycles. The maximum atomic E-state index is 12.7. The fraction of sp³-hybridized carbons (Fsp3) is 0.364. The summed E-state index contributed by atoms with van der Waals surface area (Å²) in [7, 11) is 1.85. The lowest BCUT2D eigenvalue weighted by atomic mass is 10.0. The van der Waals surface area contributed by atoms with Crippen LogP contribution >= 0.6 is 24.2 Å². The number of thioether (sulfide) groups is 1. The topological polar surface area (TPSA) is 44.7 Å². The molecule has 0 aromatic heterocycles. The third kappa shape index (κ3) is 6.64. The Morgan fingerprint density at radius 3 is 2.32 bits per heavy atom. The van der Waals surface area contributed by atoms with Crippen LogP contribution < -0.4 is 5.32 Å². The standard InChI is InChI=1S/C22H24F3N3OS.ClH/c1-14(2)15-4-8-17(9-5-15)26-20(29)12-19-13-30-21(28(19)3)27-18-10-6-16(7-11-18)22(23,24)25;/h4-11,14,19H,12-13H2,1-3H3,(H,26,29);1H/b27-21-;. The van der Waals surface area contributed by atoms with Gasteiger partial charge in [-0.1, -0.05) is 37.7 Å². The van der Waals surface area contributed by atoms with Gasteiger partial charge in [-0.3, -0.25) is 4.79 Å². The van der Waals surface area contributed by atoms with Crippen LogP contribution in [0.25, 0.3) is 0 Å². The molecule has 1 heterocycles. The van der Waals surface area contributed by atoms with E-state index >= 15 is 0 Å². The van der Waals surface area contributed by atoms with Crippen molar-refractivity contribution in [1.29, 1.82) is 0 Å². The molecule has 1 amide bonds. The lowest BCUT2D eigenvalue weighted by Crippen LogP contribution is -2.33. The van der Waals surface area contributed by atoms with Gasteiger partial charge in [-0.25, -0.2) is 4.99 Å². The maximum Gasteiger partial charge on any atom is 0.416 e. The number of nitrogens with one attached hydrogen (secondary N) is 1. The quantitative estimate of drug-likeness (QED) is 0.555. The number of amidine groups is 1. The molecule has 0 bridgehead atoms. The fourth-order valence-electron chi connectivity index (χ4n) is 3.06. The van der Waals surface area contributed by atoms with Crippen molar-refractivity contribution < 1.29 is 18.0 Å². The number of carbonyl (C=O) groups is 1. The van der Waals surface area contributed by atoms with E-state index in [1.165, 1.54) is 29.5 Å². The van der Waals surface area contributed by atoms with Crippen LogP contribution in [0.2, 0.25) is 0 Å². The van der Waals surface area contributed by atoms with Crippen molar-refractivity contribution in [2.45, 2.75) is 38.4 Å². The Hall–Kier alpha value is -2.19. The second-order valence-corrected chi connectivity index (χ2v) is 8.53. The molecule has 0 spiro atoms. The van der Waals surface area contributed by atoms with Crippen LogP contribution in [0.5, 0.6) is 0 Å². The largest absolute Gasteiger partial charge is 0.416 e. The van der Waals surface area contributed by atoms with Crippen molar-refractivity contribution >= 4 is 46.6 Å². The molecular weight excluding hydrogens is 447 g/mol. The molecule has 0 radical (unpaired) electrons. The third-order valence-corrected chi connectivity index (χ3v) is 6.14. The molecule has 31 heavy (non-hydrogen) atoms. The average Bonchev–Trinajstić information content (AvgIpc) is 3.01. The SMILES string of the molecule is CC(C)c1ccc(NC(=O)CC2CS/C(=N\c3ccc(C(F)(F)F)cc3)N2C)cc1.Cl. The van der Waals surface area contributed by atoms with Crippen molar-refractivity contribution in [3.63, 3.8) is 0 Å². The van der Waals surface area contributed by atoms with E-state index in [4.69, 9.17) is 0 Å². The number of nitrogens with zero attached hydrogens (tertiary/aromatic N) is 2. The van der Waals surface area contributed by atoms with Crippen molar-refractivity contribution in [3.8, 4) is 0 Å². The van der Waals surface area contributed by atoms with Gasteiger partial charge in [-0.05, 0) is 47.9 Å². The summed E-state index contributed by atoms with van der Waals surface area (Å²) in [4.78, 5) is 18.8. The van der Waals surface area contributed by atoms with Crippen molar-refractivity contribution in [2.75, 3.05) is 18.1 Å². The highest BCUT2D eigenvalue weighted by Crippen LogP contribution is 2.32. The summed E-state index contributed by atoms with van der Waals surface area (Å²) in [5.74, 6) is 1.04. The minimum Gasteiger partial charge on any atom is -0.350 e. The summed E-state index contributed by atoms with van der Waals surface area (Å²) >= 11 is 1.49. The van der Waals surface area contributed by atoms with Gasteiger partial charge in [0.25, 0.3) is 0 Å². The van der Waals surface area contributed by atoms with E-state index in [1.54, 1.807) is 0 Å². The second kappa shape index (κ2) is 10.4. The van der Waals surface area contributed by atoms with Crippen LogP contribution in [0.15, 0.2) is 53.5 Å². The molecule has 1 aliphatic rings. The molecule has 9 heteroatoms. The molecule has 1 N–H and O–H groups in total. The smallest absolute Gasteiger partial charge is 0.350 e. The van der Waals surface area contributed by atoms with Gasteiger partial charge in [0.15, 0.2) is 5.17 Å². The molecule has 0 saturated carbocycles. The Bertz CT molecular complexity index is 915. The van der Waals surface area contributed by atoms with Crippen LogP contribution in [-0.4, -0.2) is 34.8 Å². The van der Waals surface area contributed by atoms with Crippen LogP contribution in [0.1, 0.15) is 37.3 Å². The molecule has 1 unspecified atom stereocenters. The van der Waals surface area contributed by atoms with Crippen LogP contribution in [0.3, 0.4) is 0 Å². The number of carbonyl (C=O) groups excluding carboxylic acids is 1. The zero-order chi connectivity index (χ0) is 21.9. The lowest BCUT2D eigenvalue weighted by molar-refractivity contribution is -0.137. The van der Waals surface area contributed by atoms with E-state index < -0.39 is 11.7 Å². The lowest BCUT2D eigenvalue weighted by Gasteiger charge is -2.20. The minimum absolute atomic E-state index is 0. The average molecular weight is 472 g/mol. The molecule has 168 valence electrons. The monoisotopic (exact) mass is 471 g/mol. The Kier molecular flexibility index (Phi) is 8.42. The molecule has 2 aromatic carbocycles. The van der Waals surface area contributed by atoms with Gasteiger partial charge < -0.3 is 10.2 Å². The second-order valence-electron chi connectivity index (χ2n) is 7.54. The normalized spacial score (nSPS) is 17.7. The highest BCUT2D eigenvalue weighted by molar-refractivity contribution is 8.14. The number of amides is 1. The number of benzene rings is 2. The summed E-state index contributed by atoms with van der Waals surface area (Å²) in [6.45, 7) is 4.23. The van der Waals surface area contributed by atoms with Crippen molar-refractivity contribution in [3.05, 3.63) is 59.7 Å². The van der Waals surface area contributed by atoms with E-state index in [1.807, 2.05) is 36.2 Å². The van der Waals surface area contributed by atoms with Gasteiger partial charge >= 0.3 is 6.18 Å². The Morgan fingerprint density at radius 2 is 1.77 bits per heavy atom. The summed E-state index contributed by atoms with van der Waals surface area (Å²) in [6, 6.07) is 12.5. The third-order valence-electron chi connectivity index (χ3n) is 4.96. The highest BCUT2D eigenvalue weighted by atomic mass is 35.5. The summed E-state index contributed by atoms with van der Waals surface area (Å²) in [5.41, 5.74) is 1.72. The molecule has 1 fully saturated rings. The summed E-state index contributed by atoms with van der Waals surface area (Å²) < 4.78 is 38.1. The number of alkyl halides is 3. The van der Waals surface area contributed by atoms with Gasteiger partial charge in [0, 0.05) is 31.0 Å². The molecule has 0 aliphatic carbocycles. The molecule has 3 rings (SSSR count). The van der Waals surface area contributed by atoms with Gasteiger partial charge in [0.1, 0.15) is 0 Å². The molecular formula is C22H25ClF3N3OS. The summed E-state index contributed by atoms with van der Waals surface area (Å²) in [5, 5.41) is 3.61. The highest BCUT2D eigenvalue weighted by Gasteiger charge is 2.31. The van der Waals surface area contributed by atoms with Crippen molar-refractivity contribution in [1.82, 2.24) is 4.90 Å². The number of hydrogen-bond donors (Lipinski definition) is 1. The van der Waals surface area contributed by atoms with E-state index in [2.05, 4.69) is 24.2 Å². The first-order valence-corrected chi connectivity index (χ1v) is 10.6. The van der Waals surface area contributed by atoms with Gasteiger partial charge in [0.05, 0.1) is 11.3 Å². The van der Waals surface area contributed by atoms with Crippen molar-refractivity contribution in [2.24, 2.45) is 4.99 Å². The van der Waals surface area contributed by atoms with Gasteiger partial charge in [0.2, 0.25) is 5.91 Å². The number of anilines is 1. The number of halogens is 4. The van der Waals surface area contributed by atoms with E-state index in [0.717, 1.165) is 17.8 Å². The van der Waals surface area contributed by atoms with Crippen LogP contribution in [0.4, 0.5) is 24.5 Å². The minimum atomic E-state index is -4.36. The zero-order valence-corrected chi connectivity index (χ0v) is 19.1. The van der Waals surface area contributed by atoms with Crippen LogP contribution in [0, 0.1) is 0 Å². The first kappa shape index (κ1) is 25.1. The van der Waals surface area contributed by atoms with Gasteiger partial charge in [-0.2, -0.15) is 13.2 Å². The predicted molar refractivity (Wildman–Crippen MR) is 124 cm³/mol. The predicted octanol–water partition coefficient (Wildman–Crippen LogP) is 6.31. The summed E-state index contributed by atoms with van der Waals surface area (Å²) in [6.07, 6.45) is -4.06. The molecule has 4 nitrogen and oxygen atoms in total. The first-order chi connectivity index (χ1) is 14.1. The maximum absolute atomic E-state index is 12.7. The van der Waals surface area contributed by atoms with E-state index in [-0.39, 0.29) is 24.4 Å². The Balaban J connectivity index is 0.00000341. The Morgan fingerprint density at radius 1 is 1.16 bits per heavy atom. The zero-order valence-electron chi connectivity index (χ0n) is 17.4. The first-order valence-electron chi connectivity index (χ1n) is 9.65. The number of rotatable bonds is 5. The fourth-order valence-corrected chi connectivity index (χ4v) is 4.27. The number of aliphatic imine (C=N–C) groups is 1. The molecule has 1 atom stereocenters.